The topological polar surface area (TPSA) is 83.5 Å². The van der Waals surface area contributed by atoms with Crippen molar-refractivity contribution in [3.63, 3.8) is 0 Å². The highest BCUT2D eigenvalue weighted by Crippen LogP contribution is 2.16. The number of carboxylic acid groups (broad SMARTS) is 1. The van der Waals surface area contributed by atoms with E-state index in [0.29, 0.717) is 6.42 Å². The molecular weight excluding hydrogens is 398 g/mol. The van der Waals surface area contributed by atoms with Crippen molar-refractivity contribution in [3.8, 4) is 0 Å². The van der Waals surface area contributed by atoms with Crippen molar-refractivity contribution in [2.45, 2.75) is 19.3 Å². The second kappa shape index (κ2) is 9.87. The molecular formula is C20H20BrNO4. The summed E-state index contributed by atoms with van der Waals surface area (Å²) in [6.45, 7) is -0.453. The van der Waals surface area contributed by atoms with Gasteiger partial charge in [0.1, 0.15) is 12.3 Å². The number of halogens is 1. The molecule has 0 aliphatic carbocycles. The molecule has 0 saturated carbocycles. The lowest BCUT2D eigenvalue weighted by Gasteiger charge is -2.16. The molecule has 5 nitrogen and oxygen atoms in total. The highest BCUT2D eigenvalue weighted by atomic mass is 79.9. The van der Waals surface area contributed by atoms with E-state index in [0.717, 1.165) is 15.6 Å². The second-order valence-corrected chi connectivity index (χ2v) is 6.96. The van der Waals surface area contributed by atoms with Gasteiger partial charge in [-0.1, -0.05) is 58.4 Å². The van der Waals surface area contributed by atoms with Crippen LogP contribution in [0.25, 0.3) is 0 Å². The monoisotopic (exact) mass is 417 g/mol. The summed E-state index contributed by atoms with van der Waals surface area (Å²) in [5, 5.41) is 11.1. The summed E-state index contributed by atoms with van der Waals surface area (Å²) in [7, 11) is 0. The first-order valence-corrected chi connectivity index (χ1v) is 9.03. The Kier molecular flexibility index (Phi) is 7.53. The summed E-state index contributed by atoms with van der Waals surface area (Å²) in [5.74, 6) is -2.18. The molecule has 2 rings (SSSR count). The molecule has 0 spiro atoms. The van der Waals surface area contributed by atoms with E-state index in [9.17, 15) is 14.4 Å². The normalized spacial score (nSPS) is 11.6. The maximum Gasteiger partial charge on any atom is 0.322 e. The van der Waals surface area contributed by atoms with Gasteiger partial charge < -0.3 is 10.4 Å². The summed E-state index contributed by atoms with van der Waals surface area (Å²) in [5.41, 5.74) is 1.81. The van der Waals surface area contributed by atoms with Crippen molar-refractivity contribution in [1.29, 1.82) is 0 Å². The van der Waals surface area contributed by atoms with E-state index >= 15 is 0 Å². The van der Waals surface area contributed by atoms with Gasteiger partial charge in [-0.2, -0.15) is 0 Å². The van der Waals surface area contributed by atoms with E-state index in [-0.39, 0.29) is 18.6 Å². The lowest BCUT2D eigenvalue weighted by molar-refractivity contribution is -0.138. The maximum absolute atomic E-state index is 12.4. The smallest absolute Gasteiger partial charge is 0.322 e. The van der Waals surface area contributed by atoms with Crippen molar-refractivity contribution in [1.82, 2.24) is 5.32 Å². The van der Waals surface area contributed by atoms with Crippen molar-refractivity contribution >= 4 is 33.6 Å². The molecule has 0 heterocycles. The van der Waals surface area contributed by atoms with Crippen molar-refractivity contribution < 1.29 is 19.5 Å². The highest BCUT2D eigenvalue weighted by molar-refractivity contribution is 9.10. The van der Waals surface area contributed by atoms with E-state index < -0.39 is 24.3 Å². The zero-order chi connectivity index (χ0) is 18.9. The van der Waals surface area contributed by atoms with E-state index in [1.807, 2.05) is 54.6 Å². The molecule has 0 saturated heterocycles. The molecule has 0 unspecified atom stereocenters. The summed E-state index contributed by atoms with van der Waals surface area (Å²) < 4.78 is 0.934. The fourth-order valence-electron chi connectivity index (χ4n) is 2.64. The number of nitrogens with one attached hydrogen (secondary N) is 1. The van der Waals surface area contributed by atoms with Crippen molar-refractivity contribution in [2.75, 3.05) is 6.54 Å². The number of carboxylic acids is 1. The molecule has 2 aromatic rings. The molecule has 0 radical (unpaired) electrons. The van der Waals surface area contributed by atoms with Gasteiger partial charge >= 0.3 is 5.97 Å². The lowest BCUT2D eigenvalue weighted by Crippen LogP contribution is -2.36. The minimum absolute atomic E-state index is 0.0567. The number of carbonyl (C=O) groups is 3. The number of carbonyl (C=O) groups excluding carboxylic acids is 2. The van der Waals surface area contributed by atoms with Gasteiger partial charge in [-0.25, -0.2) is 0 Å². The first kappa shape index (κ1) is 19.8. The fraction of sp³-hybridized carbons (Fsp3) is 0.250. The van der Waals surface area contributed by atoms with Gasteiger partial charge in [-0.3, -0.25) is 14.4 Å². The van der Waals surface area contributed by atoms with E-state index in [2.05, 4.69) is 21.2 Å². The first-order chi connectivity index (χ1) is 12.4. The molecule has 1 atom stereocenters. The molecule has 0 aliphatic heterocycles. The molecule has 0 fully saturated rings. The van der Waals surface area contributed by atoms with Crippen LogP contribution in [0.1, 0.15) is 17.5 Å². The van der Waals surface area contributed by atoms with Crippen LogP contribution in [0, 0.1) is 5.92 Å². The summed E-state index contributed by atoms with van der Waals surface area (Å²) >= 11 is 3.35. The third kappa shape index (κ3) is 6.80. The molecule has 1 amide bonds. The average Bonchev–Trinajstić information content (AvgIpc) is 2.62. The van der Waals surface area contributed by atoms with Gasteiger partial charge in [0.2, 0.25) is 5.91 Å². The van der Waals surface area contributed by atoms with Crippen LogP contribution >= 0.6 is 15.9 Å². The lowest BCUT2D eigenvalue weighted by atomic mass is 9.91. The molecule has 0 bridgehead atoms. The van der Waals surface area contributed by atoms with Crippen LogP contribution in [0.3, 0.4) is 0 Å². The Morgan fingerprint density at radius 3 is 2.23 bits per heavy atom. The molecule has 2 N–H and O–H groups in total. The zero-order valence-corrected chi connectivity index (χ0v) is 15.7. The van der Waals surface area contributed by atoms with Gasteiger partial charge in [0.05, 0.1) is 0 Å². The van der Waals surface area contributed by atoms with Crippen LogP contribution in [0.2, 0.25) is 0 Å². The largest absolute Gasteiger partial charge is 0.480 e. The van der Waals surface area contributed by atoms with Crippen LogP contribution in [-0.4, -0.2) is 29.3 Å². The van der Waals surface area contributed by atoms with Crippen LogP contribution in [0.4, 0.5) is 0 Å². The zero-order valence-electron chi connectivity index (χ0n) is 14.2. The predicted molar refractivity (Wildman–Crippen MR) is 102 cm³/mol. The first-order valence-electron chi connectivity index (χ1n) is 8.23. The second-order valence-electron chi connectivity index (χ2n) is 6.04. The molecule has 2 aromatic carbocycles. The minimum Gasteiger partial charge on any atom is -0.480 e. The number of ketones is 1. The third-order valence-corrected chi connectivity index (χ3v) is 4.43. The van der Waals surface area contributed by atoms with E-state index in [1.165, 1.54) is 0 Å². The number of amides is 1. The van der Waals surface area contributed by atoms with E-state index in [1.54, 1.807) is 0 Å². The Hall–Kier alpha value is -2.47. The number of hydrogen-bond donors (Lipinski definition) is 2. The van der Waals surface area contributed by atoms with Gasteiger partial charge in [0.25, 0.3) is 0 Å². The third-order valence-electron chi connectivity index (χ3n) is 3.90. The Morgan fingerprint density at radius 2 is 1.62 bits per heavy atom. The Bertz CT molecular complexity index is 759. The summed E-state index contributed by atoms with van der Waals surface area (Å²) in [6, 6.07) is 16.8. The van der Waals surface area contributed by atoms with Crippen LogP contribution in [0.15, 0.2) is 59.1 Å². The average molecular weight is 418 g/mol. The predicted octanol–water partition coefficient (Wildman–Crippen LogP) is 3.01. The highest BCUT2D eigenvalue weighted by Gasteiger charge is 2.23. The maximum atomic E-state index is 12.4. The Balaban J connectivity index is 2.04. The van der Waals surface area contributed by atoms with Crippen molar-refractivity contribution in [3.05, 3.63) is 70.2 Å². The fourth-order valence-corrected chi connectivity index (χ4v) is 2.90. The number of benzene rings is 2. The molecule has 0 aromatic heterocycles. The van der Waals surface area contributed by atoms with E-state index in [4.69, 9.17) is 5.11 Å². The SMILES string of the molecule is O=C(O)CNC(=O)[C@@H](CC(=O)Cc1ccc(Br)cc1)Cc1ccccc1. The minimum atomic E-state index is -1.11. The number of Topliss-reactive ketones (excluding diaryl/α,β-unsaturated/α-hetero) is 1. The van der Waals surface area contributed by atoms with Crippen LogP contribution in [-0.2, 0) is 27.2 Å². The number of hydrogen-bond acceptors (Lipinski definition) is 3. The van der Waals surface area contributed by atoms with Gasteiger partial charge in [-0.05, 0) is 29.7 Å². The quantitative estimate of drug-likeness (QED) is 0.656. The Labute approximate surface area is 160 Å². The van der Waals surface area contributed by atoms with Crippen molar-refractivity contribution in [2.24, 2.45) is 5.92 Å². The van der Waals surface area contributed by atoms with Gasteiger partial charge in [0.15, 0.2) is 0 Å². The molecule has 26 heavy (non-hydrogen) atoms. The Morgan fingerprint density at radius 1 is 0.962 bits per heavy atom. The number of rotatable bonds is 9. The summed E-state index contributed by atoms with van der Waals surface area (Å²) in [6.07, 6.45) is 0.694. The van der Waals surface area contributed by atoms with Crippen LogP contribution < -0.4 is 5.32 Å². The standard InChI is InChI=1S/C20H20BrNO4/c21-17-8-6-15(7-9-17)11-18(23)12-16(20(26)22-13-19(24)25)10-14-4-2-1-3-5-14/h1-9,16H,10-13H2,(H,22,26)(H,24,25)/t16-/m1/s1. The molecule has 0 aliphatic rings. The molecule has 6 heteroatoms. The van der Waals surface area contributed by atoms with Crippen LogP contribution in [0.5, 0.6) is 0 Å². The number of aliphatic carboxylic acids is 1. The van der Waals surface area contributed by atoms with Gasteiger partial charge in [-0.15, -0.1) is 0 Å². The van der Waals surface area contributed by atoms with Gasteiger partial charge in [0, 0.05) is 23.2 Å². The molecule has 136 valence electrons. The summed E-state index contributed by atoms with van der Waals surface area (Å²) in [4.78, 5) is 35.5.